The van der Waals surface area contributed by atoms with Gasteiger partial charge in [-0.05, 0) is 49.1 Å². The predicted octanol–water partition coefficient (Wildman–Crippen LogP) is 3.85. The number of piperidine rings is 1. The lowest BCUT2D eigenvalue weighted by atomic mass is 9.99. The number of rotatable bonds is 3. The van der Waals surface area contributed by atoms with Gasteiger partial charge in [0, 0.05) is 23.2 Å². The van der Waals surface area contributed by atoms with Gasteiger partial charge in [0.1, 0.15) is 0 Å². The molecule has 1 N–H and O–H groups in total. The van der Waals surface area contributed by atoms with Crippen LogP contribution in [0.25, 0.3) is 0 Å². The number of carbonyl (C=O) groups is 1. The fraction of sp³-hybridized carbons (Fsp3) is 0.353. The van der Waals surface area contributed by atoms with Crippen molar-refractivity contribution in [3.05, 3.63) is 46.6 Å². The Morgan fingerprint density at radius 1 is 1.22 bits per heavy atom. The smallest absolute Gasteiger partial charge is 0.274 e. The van der Waals surface area contributed by atoms with E-state index in [0.29, 0.717) is 17.4 Å². The number of halogens is 1. The average molecular weight is 375 g/mol. The molecule has 1 aliphatic rings. The lowest BCUT2D eigenvalue weighted by Gasteiger charge is -2.29. The van der Waals surface area contributed by atoms with Crippen LogP contribution in [-0.4, -0.2) is 34.1 Å². The third-order valence-corrected chi connectivity index (χ3v) is 4.54. The van der Waals surface area contributed by atoms with Gasteiger partial charge in [0.05, 0.1) is 0 Å². The standard InChI is InChI=1S/C17H19BrN4O/c1-12-7-9-22(10-8-12)17(23)15-5-6-16(21-20-15)19-14-4-2-3-13(18)11-14/h2-6,11-12H,7-10H2,1H3,(H,19,21). The van der Waals surface area contributed by atoms with E-state index in [9.17, 15) is 4.79 Å². The second kappa shape index (κ2) is 7.08. The van der Waals surface area contributed by atoms with Crippen LogP contribution in [0.2, 0.25) is 0 Å². The Bertz CT molecular complexity index is 681. The van der Waals surface area contributed by atoms with Crippen LogP contribution in [-0.2, 0) is 0 Å². The van der Waals surface area contributed by atoms with Gasteiger partial charge >= 0.3 is 0 Å². The molecule has 3 rings (SSSR count). The van der Waals surface area contributed by atoms with Crippen molar-refractivity contribution < 1.29 is 4.79 Å². The summed E-state index contributed by atoms with van der Waals surface area (Å²) in [5.41, 5.74) is 1.32. The number of amides is 1. The van der Waals surface area contributed by atoms with Crippen LogP contribution in [0.4, 0.5) is 11.5 Å². The molecule has 5 nitrogen and oxygen atoms in total. The number of hydrogen-bond donors (Lipinski definition) is 1. The van der Waals surface area contributed by atoms with E-state index in [1.165, 1.54) is 0 Å². The summed E-state index contributed by atoms with van der Waals surface area (Å²) in [6, 6.07) is 11.3. The SMILES string of the molecule is CC1CCN(C(=O)c2ccc(Nc3cccc(Br)c3)nn2)CC1. The van der Waals surface area contributed by atoms with E-state index in [4.69, 9.17) is 0 Å². The van der Waals surface area contributed by atoms with E-state index in [1.807, 2.05) is 29.2 Å². The number of nitrogens with one attached hydrogen (secondary N) is 1. The minimum Gasteiger partial charge on any atom is -0.339 e. The minimum absolute atomic E-state index is 0.0293. The molecule has 0 unspecified atom stereocenters. The van der Waals surface area contributed by atoms with Gasteiger partial charge in [-0.3, -0.25) is 4.79 Å². The summed E-state index contributed by atoms with van der Waals surface area (Å²) in [4.78, 5) is 14.3. The van der Waals surface area contributed by atoms with E-state index >= 15 is 0 Å². The van der Waals surface area contributed by atoms with Gasteiger partial charge in [-0.15, -0.1) is 10.2 Å². The maximum Gasteiger partial charge on any atom is 0.274 e. The van der Waals surface area contributed by atoms with Gasteiger partial charge in [0.15, 0.2) is 11.5 Å². The lowest BCUT2D eigenvalue weighted by Crippen LogP contribution is -2.38. The first-order chi connectivity index (χ1) is 11.1. The molecule has 120 valence electrons. The second-order valence-electron chi connectivity index (χ2n) is 5.91. The summed E-state index contributed by atoms with van der Waals surface area (Å²) in [6.45, 7) is 3.84. The molecule has 0 atom stereocenters. The Kier molecular flexibility index (Phi) is 4.91. The summed E-state index contributed by atoms with van der Waals surface area (Å²) in [5.74, 6) is 1.28. The van der Waals surface area contributed by atoms with Crippen LogP contribution >= 0.6 is 15.9 Å². The fourth-order valence-electron chi connectivity index (χ4n) is 2.60. The molecule has 0 saturated carbocycles. The van der Waals surface area contributed by atoms with E-state index in [0.717, 1.165) is 36.1 Å². The summed E-state index contributed by atoms with van der Waals surface area (Å²) in [5, 5.41) is 11.4. The first-order valence-corrected chi connectivity index (χ1v) is 8.57. The Balaban J connectivity index is 1.66. The highest BCUT2D eigenvalue weighted by Crippen LogP contribution is 2.20. The molecule has 1 fully saturated rings. The molecule has 2 heterocycles. The number of likely N-dealkylation sites (tertiary alicyclic amines) is 1. The van der Waals surface area contributed by atoms with E-state index < -0.39 is 0 Å². The highest BCUT2D eigenvalue weighted by molar-refractivity contribution is 9.10. The van der Waals surface area contributed by atoms with Gasteiger partial charge in [-0.1, -0.05) is 28.9 Å². The molecule has 1 amide bonds. The van der Waals surface area contributed by atoms with Crippen molar-refractivity contribution in [2.75, 3.05) is 18.4 Å². The summed E-state index contributed by atoms with van der Waals surface area (Å²) < 4.78 is 0.988. The average Bonchev–Trinajstić information content (AvgIpc) is 2.56. The minimum atomic E-state index is -0.0293. The Morgan fingerprint density at radius 2 is 2.00 bits per heavy atom. The van der Waals surface area contributed by atoms with Crippen molar-refractivity contribution in [2.24, 2.45) is 5.92 Å². The molecular weight excluding hydrogens is 356 g/mol. The van der Waals surface area contributed by atoms with Crippen LogP contribution in [0.5, 0.6) is 0 Å². The number of hydrogen-bond acceptors (Lipinski definition) is 4. The van der Waals surface area contributed by atoms with Crippen molar-refractivity contribution in [1.82, 2.24) is 15.1 Å². The van der Waals surface area contributed by atoms with Crippen LogP contribution in [0, 0.1) is 5.92 Å². The lowest BCUT2D eigenvalue weighted by molar-refractivity contribution is 0.0690. The van der Waals surface area contributed by atoms with Crippen molar-refractivity contribution in [2.45, 2.75) is 19.8 Å². The van der Waals surface area contributed by atoms with E-state index in [2.05, 4.69) is 38.4 Å². The third kappa shape index (κ3) is 4.07. The number of benzene rings is 1. The largest absolute Gasteiger partial charge is 0.339 e. The zero-order chi connectivity index (χ0) is 16.2. The molecule has 0 bridgehead atoms. The molecule has 1 aliphatic heterocycles. The number of carbonyl (C=O) groups excluding carboxylic acids is 1. The van der Waals surface area contributed by atoms with E-state index in [-0.39, 0.29) is 5.91 Å². The number of anilines is 2. The van der Waals surface area contributed by atoms with Gasteiger partial charge in [-0.25, -0.2) is 0 Å². The number of nitrogens with zero attached hydrogens (tertiary/aromatic N) is 3. The quantitative estimate of drug-likeness (QED) is 0.885. The van der Waals surface area contributed by atoms with Crippen molar-refractivity contribution in [3.8, 4) is 0 Å². The summed E-state index contributed by atoms with van der Waals surface area (Å²) in [7, 11) is 0. The van der Waals surface area contributed by atoms with Gasteiger partial charge in [0.2, 0.25) is 0 Å². The van der Waals surface area contributed by atoms with Crippen LogP contribution in [0.1, 0.15) is 30.3 Å². The van der Waals surface area contributed by atoms with Crippen LogP contribution < -0.4 is 5.32 Å². The normalized spacial score (nSPS) is 15.5. The molecule has 2 aromatic rings. The fourth-order valence-corrected chi connectivity index (χ4v) is 3.00. The van der Waals surface area contributed by atoms with Crippen LogP contribution in [0.15, 0.2) is 40.9 Å². The molecule has 1 aromatic carbocycles. The zero-order valence-electron chi connectivity index (χ0n) is 13.0. The summed E-state index contributed by atoms with van der Waals surface area (Å²) >= 11 is 3.43. The van der Waals surface area contributed by atoms with Crippen LogP contribution in [0.3, 0.4) is 0 Å². The first kappa shape index (κ1) is 15.9. The molecule has 0 spiro atoms. The highest BCUT2D eigenvalue weighted by atomic mass is 79.9. The van der Waals surface area contributed by atoms with Crippen molar-refractivity contribution in [3.63, 3.8) is 0 Å². The monoisotopic (exact) mass is 374 g/mol. The Labute approximate surface area is 144 Å². The van der Waals surface area contributed by atoms with Crippen molar-refractivity contribution >= 4 is 33.3 Å². The molecule has 0 radical (unpaired) electrons. The molecular formula is C17H19BrN4O. The summed E-state index contributed by atoms with van der Waals surface area (Å²) in [6.07, 6.45) is 2.11. The topological polar surface area (TPSA) is 58.1 Å². The van der Waals surface area contributed by atoms with Crippen molar-refractivity contribution in [1.29, 1.82) is 0 Å². The molecule has 1 saturated heterocycles. The molecule has 6 heteroatoms. The third-order valence-electron chi connectivity index (χ3n) is 4.05. The Hall–Kier alpha value is -1.95. The second-order valence-corrected chi connectivity index (χ2v) is 6.83. The maximum absolute atomic E-state index is 12.4. The molecule has 23 heavy (non-hydrogen) atoms. The maximum atomic E-state index is 12.4. The number of aromatic nitrogens is 2. The molecule has 0 aliphatic carbocycles. The molecule has 1 aromatic heterocycles. The van der Waals surface area contributed by atoms with Gasteiger partial charge in [-0.2, -0.15) is 0 Å². The first-order valence-electron chi connectivity index (χ1n) is 7.77. The predicted molar refractivity (Wildman–Crippen MR) is 93.8 cm³/mol. The highest BCUT2D eigenvalue weighted by Gasteiger charge is 2.22. The Morgan fingerprint density at radius 3 is 2.65 bits per heavy atom. The van der Waals surface area contributed by atoms with Gasteiger partial charge < -0.3 is 10.2 Å². The van der Waals surface area contributed by atoms with E-state index in [1.54, 1.807) is 12.1 Å². The zero-order valence-corrected chi connectivity index (χ0v) is 14.6. The van der Waals surface area contributed by atoms with Gasteiger partial charge in [0.25, 0.3) is 5.91 Å².